The van der Waals surface area contributed by atoms with Crippen molar-refractivity contribution >= 4 is 5.78 Å². The van der Waals surface area contributed by atoms with Crippen molar-refractivity contribution in [3.8, 4) is 17.6 Å². The van der Waals surface area contributed by atoms with Crippen LogP contribution in [0.3, 0.4) is 0 Å². The maximum Gasteiger partial charge on any atom is 0.161 e. The van der Waals surface area contributed by atoms with Gasteiger partial charge in [-0.05, 0) is 25.0 Å². The fourth-order valence-corrected chi connectivity index (χ4v) is 2.88. The Labute approximate surface area is 125 Å². The van der Waals surface area contributed by atoms with Gasteiger partial charge in [-0.3, -0.25) is 4.79 Å². The molecule has 1 aromatic rings. The number of hydrogen-bond acceptors (Lipinski definition) is 4. The molecule has 0 bridgehead atoms. The maximum absolute atomic E-state index is 12.4. The number of carbonyl (C=O) groups excluding carboxylic acids is 1. The number of carbonyl (C=O) groups is 1. The fraction of sp³-hybridized carbons (Fsp3) is 0.529. The van der Waals surface area contributed by atoms with Crippen LogP contribution in [-0.2, 0) is 4.79 Å². The molecule has 0 spiro atoms. The Hall–Kier alpha value is -2.02. The van der Waals surface area contributed by atoms with Gasteiger partial charge in [0.05, 0.1) is 19.8 Å². The summed E-state index contributed by atoms with van der Waals surface area (Å²) < 4.78 is 10.9. The van der Waals surface area contributed by atoms with Crippen molar-refractivity contribution in [2.75, 3.05) is 13.7 Å². The lowest BCUT2D eigenvalue weighted by molar-refractivity contribution is -0.130. The molecule has 0 aliphatic heterocycles. The van der Waals surface area contributed by atoms with Gasteiger partial charge in [-0.2, -0.15) is 5.26 Å². The van der Waals surface area contributed by atoms with Crippen LogP contribution < -0.4 is 9.47 Å². The van der Waals surface area contributed by atoms with E-state index < -0.39 is 10.8 Å². The van der Waals surface area contributed by atoms with Gasteiger partial charge in [-0.15, -0.1) is 0 Å². The predicted molar refractivity (Wildman–Crippen MR) is 79.2 cm³/mol. The van der Waals surface area contributed by atoms with Gasteiger partial charge < -0.3 is 9.47 Å². The first-order valence-electron chi connectivity index (χ1n) is 7.17. The third-order valence-corrected chi connectivity index (χ3v) is 4.30. The van der Waals surface area contributed by atoms with Gasteiger partial charge in [-0.1, -0.05) is 26.0 Å². The second kappa shape index (κ2) is 5.77. The molecule has 112 valence electrons. The third kappa shape index (κ3) is 2.87. The van der Waals surface area contributed by atoms with E-state index in [4.69, 9.17) is 9.47 Å². The summed E-state index contributed by atoms with van der Waals surface area (Å²) in [4.78, 5) is 12.4. The summed E-state index contributed by atoms with van der Waals surface area (Å²) in [5.41, 5.74) is -1.30. The van der Waals surface area contributed by atoms with Crippen LogP contribution in [0.4, 0.5) is 0 Å². The number of Topliss-reactive ketones (excluding diaryl/α,β-unsaturated/α-hetero) is 1. The fourth-order valence-electron chi connectivity index (χ4n) is 2.88. The summed E-state index contributed by atoms with van der Waals surface area (Å²) in [6, 6.07) is 9.60. The first-order valence-corrected chi connectivity index (χ1v) is 7.17. The van der Waals surface area contributed by atoms with Crippen molar-refractivity contribution in [3.63, 3.8) is 0 Å². The highest BCUT2D eigenvalue weighted by Crippen LogP contribution is 2.47. The second-order valence-corrected chi connectivity index (χ2v) is 6.16. The van der Waals surface area contributed by atoms with E-state index in [2.05, 4.69) is 6.07 Å². The zero-order valence-corrected chi connectivity index (χ0v) is 12.8. The first-order chi connectivity index (χ1) is 9.95. The lowest BCUT2D eigenvalue weighted by atomic mass is 9.79. The average molecular weight is 287 g/mol. The Balaban J connectivity index is 2.03. The summed E-state index contributed by atoms with van der Waals surface area (Å²) in [5.74, 6) is 1.33. The summed E-state index contributed by atoms with van der Waals surface area (Å²) in [6.07, 6.45) is 1.79. The van der Waals surface area contributed by atoms with Gasteiger partial charge >= 0.3 is 0 Å². The molecular formula is C17H21NO3. The van der Waals surface area contributed by atoms with Gasteiger partial charge in [0.2, 0.25) is 0 Å². The SMILES string of the molecule is COc1ccccc1OCCC1(C#N)CCC(C)(C)C1=O. The minimum absolute atomic E-state index is 0.0427. The molecule has 21 heavy (non-hydrogen) atoms. The summed E-state index contributed by atoms with van der Waals surface area (Å²) >= 11 is 0. The highest BCUT2D eigenvalue weighted by Gasteiger charge is 2.52. The number of ketones is 1. The Bertz CT molecular complexity index is 574. The predicted octanol–water partition coefficient (Wildman–Crippen LogP) is 3.36. The molecule has 1 fully saturated rings. The van der Waals surface area contributed by atoms with Gasteiger partial charge in [0.15, 0.2) is 17.3 Å². The molecule has 4 heteroatoms. The minimum atomic E-state index is -0.897. The molecule has 1 atom stereocenters. The van der Waals surface area contributed by atoms with Crippen LogP contribution >= 0.6 is 0 Å². The van der Waals surface area contributed by atoms with Gasteiger partial charge in [0.1, 0.15) is 5.41 Å². The number of rotatable bonds is 5. The molecule has 0 N–H and O–H groups in total. The molecule has 0 heterocycles. The quantitative estimate of drug-likeness (QED) is 0.833. The minimum Gasteiger partial charge on any atom is -0.493 e. The van der Waals surface area contributed by atoms with Crippen LogP contribution in [0, 0.1) is 22.2 Å². The molecule has 0 saturated heterocycles. The standard InChI is InChI=1S/C17H21NO3/c1-16(2)8-9-17(12-18,15(16)19)10-11-21-14-7-5-4-6-13(14)20-3/h4-7H,8-11H2,1-3H3. The second-order valence-electron chi connectivity index (χ2n) is 6.16. The largest absolute Gasteiger partial charge is 0.493 e. The van der Waals surface area contributed by atoms with Gasteiger partial charge in [0.25, 0.3) is 0 Å². The number of nitrogens with zero attached hydrogens (tertiary/aromatic N) is 1. The van der Waals surface area contributed by atoms with Crippen molar-refractivity contribution in [2.45, 2.75) is 33.1 Å². The Kier molecular flexibility index (Phi) is 4.22. The van der Waals surface area contributed by atoms with Crippen molar-refractivity contribution in [1.82, 2.24) is 0 Å². The lowest BCUT2D eigenvalue weighted by Crippen LogP contribution is -2.32. The molecule has 0 radical (unpaired) electrons. The van der Waals surface area contributed by atoms with Gasteiger partial charge in [0, 0.05) is 11.8 Å². The Morgan fingerprint density at radius 3 is 2.43 bits per heavy atom. The van der Waals surface area contributed by atoms with Crippen molar-refractivity contribution < 1.29 is 14.3 Å². The zero-order chi connectivity index (χ0) is 15.5. The average Bonchev–Trinajstić information content (AvgIpc) is 2.72. The summed E-state index contributed by atoms with van der Waals surface area (Å²) in [7, 11) is 1.59. The molecule has 1 aromatic carbocycles. The van der Waals surface area contributed by atoms with E-state index in [9.17, 15) is 10.1 Å². The third-order valence-electron chi connectivity index (χ3n) is 4.30. The molecular weight excluding hydrogens is 266 g/mol. The smallest absolute Gasteiger partial charge is 0.161 e. The highest BCUT2D eigenvalue weighted by atomic mass is 16.5. The Morgan fingerprint density at radius 1 is 1.24 bits per heavy atom. The maximum atomic E-state index is 12.4. The number of benzene rings is 1. The summed E-state index contributed by atoms with van der Waals surface area (Å²) in [5, 5.41) is 9.47. The zero-order valence-electron chi connectivity index (χ0n) is 12.8. The van der Waals surface area contributed by atoms with Crippen LogP contribution in [0.5, 0.6) is 11.5 Å². The first kappa shape index (κ1) is 15.4. The number of hydrogen-bond donors (Lipinski definition) is 0. The van der Waals surface area contributed by atoms with Crippen molar-refractivity contribution in [3.05, 3.63) is 24.3 Å². The number of para-hydroxylation sites is 2. The van der Waals surface area contributed by atoms with Crippen molar-refractivity contribution in [2.24, 2.45) is 10.8 Å². The Morgan fingerprint density at radius 2 is 1.90 bits per heavy atom. The number of ether oxygens (including phenoxy) is 2. The molecule has 0 amide bonds. The molecule has 1 saturated carbocycles. The van der Waals surface area contributed by atoms with E-state index >= 15 is 0 Å². The van der Waals surface area contributed by atoms with E-state index in [0.29, 0.717) is 30.9 Å². The summed E-state index contributed by atoms with van der Waals surface area (Å²) in [6.45, 7) is 4.15. The van der Waals surface area contributed by atoms with Crippen LogP contribution in [0.1, 0.15) is 33.1 Å². The van der Waals surface area contributed by atoms with E-state index in [1.807, 2.05) is 38.1 Å². The van der Waals surface area contributed by atoms with E-state index in [0.717, 1.165) is 6.42 Å². The van der Waals surface area contributed by atoms with Crippen LogP contribution in [-0.4, -0.2) is 19.5 Å². The van der Waals surface area contributed by atoms with E-state index in [1.165, 1.54) is 0 Å². The molecule has 0 aromatic heterocycles. The number of methoxy groups -OCH3 is 1. The lowest BCUT2D eigenvalue weighted by Gasteiger charge is -2.22. The molecule has 1 unspecified atom stereocenters. The van der Waals surface area contributed by atoms with Crippen LogP contribution in [0.2, 0.25) is 0 Å². The van der Waals surface area contributed by atoms with Crippen LogP contribution in [0.15, 0.2) is 24.3 Å². The highest BCUT2D eigenvalue weighted by molar-refractivity contribution is 5.94. The molecule has 1 aliphatic rings. The monoisotopic (exact) mass is 287 g/mol. The molecule has 4 nitrogen and oxygen atoms in total. The molecule has 1 aliphatic carbocycles. The molecule has 2 rings (SSSR count). The van der Waals surface area contributed by atoms with E-state index in [-0.39, 0.29) is 5.78 Å². The normalized spacial score (nSPS) is 23.6. The topological polar surface area (TPSA) is 59.3 Å². The van der Waals surface area contributed by atoms with E-state index in [1.54, 1.807) is 7.11 Å². The van der Waals surface area contributed by atoms with Crippen LogP contribution in [0.25, 0.3) is 0 Å². The van der Waals surface area contributed by atoms with Crippen molar-refractivity contribution in [1.29, 1.82) is 5.26 Å². The van der Waals surface area contributed by atoms with Gasteiger partial charge in [-0.25, -0.2) is 0 Å². The number of nitriles is 1.